The van der Waals surface area contributed by atoms with Crippen LogP contribution in [0.4, 0.5) is 0 Å². The van der Waals surface area contributed by atoms with Gasteiger partial charge in [0.15, 0.2) is 17.9 Å². The molecule has 3 rings (SSSR count). The summed E-state index contributed by atoms with van der Waals surface area (Å²) < 4.78 is 28.7. The van der Waals surface area contributed by atoms with Crippen LogP contribution in [-0.2, 0) is 28.5 Å². The van der Waals surface area contributed by atoms with E-state index in [1.165, 1.54) is 0 Å². The van der Waals surface area contributed by atoms with Crippen LogP contribution in [0.25, 0.3) is 0 Å². The molecule has 3 saturated heterocycles. The van der Waals surface area contributed by atoms with E-state index in [9.17, 15) is 4.79 Å². The van der Waals surface area contributed by atoms with E-state index in [-0.39, 0.29) is 24.4 Å². The lowest BCUT2D eigenvalue weighted by molar-refractivity contribution is -0.204. The SMILES string of the molecule is CC1(C)O[C@@H]2[C@H](O1)[C@@H](C=O)O[C@@H]2[C@H]1COC(C)(C)O1. The molecule has 3 heterocycles. The third kappa shape index (κ3) is 2.32. The van der Waals surface area contributed by atoms with Gasteiger partial charge in [-0.05, 0) is 27.7 Å². The van der Waals surface area contributed by atoms with Gasteiger partial charge in [0.05, 0.1) is 6.61 Å². The van der Waals surface area contributed by atoms with Gasteiger partial charge in [-0.25, -0.2) is 0 Å². The van der Waals surface area contributed by atoms with E-state index < -0.39 is 17.7 Å². The Labute approximate surface area is 112 Å². The van der Waals surface area contributed by atoms with Crippen molar-refractivity contribution in [2.45, 2.75) is 69.8 Å². The van der Waals surface area contributed by atoms with Crippen LogP contribution in [0.15, 0.2) is 0 Å². The van der Waals surface area contributed by atoms with Crippen molar-refractivity contribution in [1.29, 1.82) is 0 Å². The molecule has 6 heteroatoms. The molecule has 19 heavy (non-hydrogen) atoms. The number of ether oxygens (including phenoxy) is 5. The third-order valence-corrected chi connectivity index (χ3v) is 3.66. The Bertz CT molecular complexity index is 379. The van der Waals surface area contributed by atoms with E-state index in [0.29, 0.717) is 6.61 Å². The normalized spacial score (nSPS) is 47.3. The van der Waals surface area contributed by atoms with Crippen LogP contribution in [0.2, 0.25) is 0 Å². The lowest BCUT2D eigenvalue weighted by atomic mass is 10.0. The maximum Gasteiger partial charge on any atom is 0.164 e. The highest BCUT2D eigenvalue weighted by Gasteiger charge is 2.58. The highest BCUT2D eigenvalue weighted by molar-refractivity contribution is 5.58. The zero-order valence-electron chi connectivity index (χ0n) is 11.6. The summed E-state index contributed by atoms with van der Waals surface area (Å²) in [4.78, 5) is 11.1. The molecule has 0 unspecified atom stereocenters. The van der Waals surface area contributed by atoms with Crippen LogP contribution in [0.5, 0.6) is 0 Å². The van der Waals surface area contributed by atoms with Crippen molar-refractivity contribution in [3.8, 4) is 0 Å². The number of hydrogen-bond acceptors (Lipinski definition) is 6. The largest absolute Gasteiger partial charge is 0.359 e. The second-order valence-electron chi connectivity index (χ2n) is 6.13. The molecule has 0 N–H and O–H groups in total. The van der Waals surface area contributed by atoms with Crippen LogP contribution in [-0.4, -0.2) is 55.0 Å². The topological polar surface area (TPSA) is 63.2 Å². The number of hydrogen-bond donors (Lipinski definition) is 0. The number of rotatable bonds is 2. The van der Waals surface area contributed by atoms with Crippen LogP contribution in [0, 0.1) is 0 Å². The molecule has 0 spiro atoms. The van der Waals surface area contributed by atoms with Gasteiger partial charge in [0.1, 0.15) is 30.5 Å². The van der Waals surface area contributed by atoms with Crippen LogP contribution in [0.1, 0.15) is 27.7 Å². The molecule has 0 bridgehead atoms. The Kier molecular flexibility index (Phi) is 3.00. The van der Waals surface area contributed by atoms with Gasteiger partial charge >= 0.3 is 0 Å². The summed E-state index contributed by atoms with van der Waals surface area (Å²) in [7, 11) is 0. The first-order valence-electron chi connectivity index (χ1n) is 6.59. The van der Waals surface area contributed by atoms with E-state index in [0.717, 1.165) is 6.29 Å². The molecule has 0 aliphatic carbocycles. The van der Waals surface area contributed by atoms with Crippen molar-refractivity contribution in [2.75, 3.05) is 6.61 Å². The van der Waals surface area contributed by atoms with Crippen molar-refractivity contribution < 1.29 is 28.5 Å². The predicted octanol–water partition coefficient (Wildman–Crippen LogP) is 0.624. The summed E-state index contributed by atoms with van der Waals surface area (Å²) in [6, 6.07) is 0. The van der Waals surface area contributed by atoms with Gasteiger partial charge in [-0.15, -0.1) is 0 Å². The second-order valence-corrected chi connectivity index (χ2v) is 6.13. The van der Waals surface area contributed by atoms with Crippen molar-refractivity contribution in [3.05, 3.63) is 0 Å². The second kappa shape index (κ2) is 4.23. The van der Waals surface area contributed by atoms with Crippen molar-refractivity contribution in [3.63, 3.8) is 0 Å². The zero-order valence-corrected chi connectivity index (χ0v) is 11.6. The third-order valence-electron chi connectivity index (χ3n) is 3.66. The minimum atomic E-state index is -0.701. The van der Waals surface area contributed by atoms with Crippen molar-refractivity contribution in [1.82, 2.24) is 0 Å². The van der Waals surface area contributed by atoms with E-state index >= 15 is 0 Å². The first-order valence-corrected chi connectivity index (χ1v) is 6.59. The fraction of sp³-hybridized carbons (Fsp3) is 0.923. The van der Waals surface area contributed by atoms with Crippen molar-refractivity contribution in [2.24, 2.45) is 0 Å². The lowest BCUT2D eigenvalue weighted by Gasteiger charge is -2.26. The number of aldehydes is 1. The molecule has 108 valence electrons. The Morgan fingerprint density at radius 2 is 1.63 bits per heavy atom. The maximum atomic E-state index is 11.1. The van der Waals surface area contributed by atoms with Gasteiger partial charge in [0.25, 0.3) is 0 Å². The quantitative estimate of drug-likeness (QED) is 0.687. The van der Waals surface area contributed by atoms with Gasteiger partial charge in [0, 0.05) is 0 Å². The maximum absolute atomic E-state index is 11.1. The van der Waals surface area contributed by atoms with E-state index in [1.807, 2.05) is 27.7 Å². The molecule has 0 aromatic carbocycles. The average Bonchev–Trinajstić information content (AvgIpc) is 2.89. The summed E-state index contributed by atoms with van der Waals surface area (Å²) in [6.45, 7) is 7.80. The molecule has 0 radical (unpaired) electrons. The Morgan fingerprint density at radius 3 is 2.21 bits per heavy atom. The van der Waals surface area contributed by atoms with E-state index in [1.54, 1.807) is 0 Å². The smallest absolute Gasteiger partial charge is 0.164 e. The highest BCUT2D eigenvalue weighted by Crippen LogP contribution is 2.41. The summed E-state index contributed by atoms with van der Waals surface area (Å²) >= 11 is 0. The Hall–Kier alpha value is -0.530. The molecule has 3 aliphatic heterocycles. The van der Waals surface area contributed by atoms with Crippen LogP contribution < -0.4 is 0 Å². The van der Waals surface area contributed by atoms with Crippen LogP contribution >= 0.6 is 0 Å². The predicted molar refractivity (Wildman–Crippen MR) is 63.5 cm³/mol. The van der Waals surface area contributed by atoms with Gasteiger partial charge in [0.2, 0.25) is 0 Å². The average molecular weight is 272 g/mol. The molecular weight excluding hydrogens is 252 g/mol. The minimum Gasteiger partial charge on any atom is -0.359 e. The molecule has 6 nitrogen and oxygen atoms in total. The van der Waals surface area contributed by atoms with Gasteiger partial charge in [-0.1, -0.05) is 0 Å². The molecule has 0 saturated carbocycles. The van der Waals surface area contributed by atoms with Gasteiger partial charge < -0.3 is 28.5 Å². The zero-order chi connectivity index (χ0) is 13.8. The highest BCUT2D eigenvalue weighted by atomic mass is 16.8. The van der Waals surface area contributed by atoms with Crippen molar-refractivity contribution >= 4 is 6.29 Å². The number of fused-ring (bicyclic) bond motifs is 1. The first kappa shape index (κ1) is 13.5. The molecule has 0 aromatic heterocycles. The lowest BCUT2D eigenvalue weighted by Crippen LogP contribution is -2.40. The molecule has 3 aliphatic rings. The van der Waals surface area contributed by atoms with Gasteiger partial charge in [-0.2, -0.15) is 0 Å². The standard InChI is InChI=1S/C13H20O6/c1-12(2)15-6-8(17-12)9-11-10(7(5-14)16-9)18-13(3,4)19-11/h5,7-11H,6H2,1-4H3/t7-,8-,9-,10-,11+/m1/s1. The number of carbonyl (C=O) groups excluding carboxylic acids is 1. The summed E-state index contributed by atoms with van der Waals surface area (Å²) in [5.41, 5.74) is 0. The monoisotopic (exact) mass is 272 g/mol. The van der Waals surface area contributed by atoms with Crippen LogP contribution in [0.3, 0.4) is 0 Å². The van der Waals surface area contributed by atoms with E-state index in [2.05, 4.69) is 0 Å². The number of carbonyl (C=O) groups is 1. The first-order chi connectivity index (χ1) is 8.81. The fourth-order valence-electron chi connectivity index (χ4n) is 2.95. The molecule has 0 amide bonds. The minimum absolute atomic E-state index is 0.245. The molecule has 3 fully saturated rings. The summed E-state index contributed by atoms with van der Waals surface area (Å²) in [5, 5.41) is 0. The fourth-order valence-corrected chi connectivity index (χ4v) is 2.95. The molecule has 0 aromatic rings. The molecular formula is C13H20O6. The Morgan fingerprint density at radius 1 is 0.947 bits per heavy atom. The Balaban J connectivity index is 1.78. The van der Waals surface area contributed by atoms with Gasteiger partial charge in [-0.3, -0.25) is 0 Å². The summed E-state index contributed by atoms with van der Waals surface area (Å²) in [5.74, 6) is -1.33. The van der Waals surface area contributed by atoms with E-state index in [4.69, 9.17) is 23.7 Å². The summed E-state index contributed by atoms with van der Waals surface area (Å²) in [6.07, 6.45) is -1.10. The molecule has 5 atom stereocenters.